The van der Waals surface area contributed by atoms with Crippen molar-refractivity contribution in [1.29, 1.82) is 0 Å². The predicted octanol–water partition coefficient (Wildman–Crippen LogP) is 1.68. The van der Waals surface area contributed by atoms with Crippen LogP contribution in [-0.2, 0) is 10.0 Å². The van der Waals surface area contributed by atoms with Gasteiger partial charge >= 0.3 is 0 Å². The zero-order valence-corrected chi connectivity index (χ0v) is 12.1. The summed E-state index contributed by atoms with van der Waals surface area (Å²) in [4.78, 5) is 0. The number of rotatable bonds is 5. The van der Waals surface area contributed by atoms with Crippen molar-refractivity contribution in [3.05, 3.63) is 23.8 Å². The molecule has 1 heterocycles. The lowest BCUT2D eigenvalue weighted by molar-refractivity contribution is 0.171. The molecular weight excluding hydrogens is 290 g/mol. The highest BCUT2D eigenvalue weighted by Gasteiger charge is 2.18. The van der Waals surface area contributed by atoms with Gasteiger partial charge in [0.05, 0.1) is 5.75 Å². The molecule has 0 fully saturated rings. The second-order valence-electron chi connectivity index (χ2n) is 4.25. The first kappa shape index (κ1) is 14.4. The Labute approximate surface area is 117 Å². The molecule has 106 valence electrons. The molecule has 1 aromatic carbocycles. The van der Waals surface area contributed by atoms with Crippen LogP contribution in [0.2, 0.25) is 0 Å². The number of nitrogens with one attached hydrogen (secondary N) is 1. The fourth-order valence-electron chi connectivity index (χ4n) is 1.83. The lowest BCUT2D eigenvalue weighted by Gasteiger charge is -2.21. The number of hydrogen-bond acceptors (Lipinski definition) is 4. The minimum atomic E-state index is -3.35. The van der Waals surface area contributed by atoms with E-state index in [-0.39, 0.29) is 17.7 Å². The minimum Gasteiger partial charge on any atom is -0.486 e. The van der Waals surface area contributed by atoms with Gasteiger partial charge in [0.15, 0.2) is 11.5 Å². The number of sulfonamides is 1. The Bertz CT molecular complexity index is 547. The van der Waals surface area contributed by atoms with Crippen LogP contribution in [0.4, 0.5) is 0 Å². The van der Waals surface area contributed by atoms with Gasteiger partial charge < -0.3 is 9.47 Å². The molecule has 0 amide bonds. The van der Waals surface area contributed by atoms with Gasteiger partial charge in [-0.25, -0.2) is 13.1 Å². The molecule has 1 aromatic rings. The number of hydrogen-bond donors (Lipinski definition) is 1. The number of fused-ring (bicyclic) bond motifs is 1. The monoisotopic (exact) mass is 305 g/mol. The Morgan fingerprint density at radius 2 is 2.00 bits per heavy atom. The SMILES string of the molecule is CC(NS(=O)(=O)CCCl)c1ccc2c(c1)OCCO2. The second kappa shape index (κ2) is 5.98. The van der Waals surface area contributed by atoms with Gasteiger partial charge in [0.1, 0.15) is 13.2 Å². The van der Waals surface area contributed by atoms with Crippen LogP contribution >= 0.6 is 11.6 Å². The van der Waals surface area contributed by atoms with Gasteiger partial charge in [-0.2, -0.15) is 0 Å². The number of alkyl halides is 1. The highest BCUT2D eigenvalue weighted by Crippen LogP contribution is 2.32. The van der Waals surface area contributed by atoms with Gasteiger partial charge in [0.2, 0.25) is 10.0 Å². The Morgan fingerprint density at radius 1 is 1.32 bits per heavy atom. The number of halogens is 1. The first-order valence-electron chi connectivity index (χ1n) is 5.97. The molecule has 1 N–H and O–H groups in total. The molecule has 1 aliphatic heterocycles. The molecule has 19 heavy (non-hydrogen) atoms. The minimum absolute atomic E-state index is 0.0726. The van der Waals surface area contributed by atoms with E-state index in [9.17, 15) is 8.42 Å². The molecule has 0 saturated carbocycles. The van der Waals surface area contributed by atoms with E-state index in [0.717, 1.165) is 5.56 Å². The van der Waals surface area contributed by atoms with Crippen LogP contribution < -0.4 is 14.2 Å². The summed E-state index contributed by atoms with van der Waals surface area (Å²) in [6, 6.07) is 5.06. The van der Waals surface area contributed by atoms with Crippen molar-refractivity contribution in [3.63, 3.8) is 0 Å². The van der Waals surface area contributed by atoms with E-state index >= 15 is 0 Å². The van der Waals surface area contributed by atoms with Gasteiger partial charge in [-0.15, -0.1) is 11.6 Å². The zero-order valence-electron chi connectivity index (χ0n) is 10.6. The van der Waals surface area contributed by atoms with Crippen LogP contribution in [0.3, 0.4) is 0 Å². The molecule has 0 spiro atoms. The van der Waals surface area contributed by atoms with E-state index in [1.807, 2.05) is 6.07 Å². The first-order chi connectivity index (χ1) is 9.02. The van der Waals surface area contributed by atoms with E-state index in [4.69, 9.17) is 21.1 Å². The van der Waals surface area contributed by atoms with E-state index in [1.165, 1.54) is 0 Å². The summed E-state index contributed by atoms with van der Waals surface area (Å²) in [5.74, 6) is 1.31. The molecule has 2 rings (SSSR count). The van der Waals surface area contributed by atoms with Crippen LogP contribution in [0.15, 0.2) is 18.2 Å². The fraction of sp³-hybridized carbons (Fsp3) is 0.500. The second-order valence-corrected chi connectivity index (χ2v) is 6.50. The summed E-state index contributed by atoms with van der Waals surface area (Å²) in [7, 11) is -3.35. The summed E-state index contributed by atoms with van der Waals surface area (Å²) >= 11 is 5.45. The van der Waals surface area contributed by atoms with Crippen molar-refractivity contribution >= 4 is 21.6 Å². The number of ether oxygens (including phenoxy) is 2. The molecule has 5 nitrogen and oxygen atoms in total. The van der Waals surface area contributed by atoms with Gasteiger partial charge in [-0.3, -0.25) is 0 Å². The van der Waals surface area contributed by atoms with E-state index in [1.54, 1.807) is 19.1 Å². The van der Waals surface area contributed by atoms with Crippen LogP contribution in [-0.4, -0.2) is 33.3 Å². The summed E-state index contributed by atoms with van der Waals surface area (Å²) in [6.45, 7) is 2.81. The molecule has 0 saturated heterocycles. The largest absolute Gasteiger partial charge is 0.486 e. The Morgan fingerprint density at radius 3 is 2.68 bits per heavy atom. The van der Waals surface area contributed by atoms with Crippen molar-refractivity contribution in [2.75, 3.05) is 24.8 Å². The van der Waals surface area contributed by atoms with Gasteiger partial charge in [0.25, 0.3) is 0 Å². The smallest absolute Gasteiger partial charge is 0.213 e. The summed E-state index contributed by atoms with van der Waals surface area (Å²) in [6.07, 6.45) is 0. The van der Waals surface area contributed by atoms with Crippen molar-refractivity contribution in [3.8, 4) is 11.5 Å². The zero-order chi connectivity index (χ0) is 13.9. The molecular formula is C12H16ClNO4S. The first-order valence-corrected chi connectivity index (χ1v) is 8.16. The maximum Gasteiger partial charge on any atom is 0.213 e. The molecule has 1 unspecified atom stereocenters. The average molecular weight is 306 g/mol. The maximum absolute atomic E-state index is 11.7. The maximum atomic E-state index is 11.7. The van der Waals surface area contributed by atoms with Gasteiger partial charge in [-0.1, -0.05) is 6.07 Å². The normalized spacial score (nSPS) is 16.1. The molecule has 0 aliphatic carbocycles. The third-order valence-corrected chi connectivity index (χ3v) is 4.64. The van der Waals surface area contributed by atoms with Crippen LogP contribution in [0.5, 0.6) is 11.5 Å². The highest BCUT2D eigenvalue weighted by atomic mass is 35.5. The average Bonchev–Trinajstić information content (AvgIpc) is 2.37. The van der Waals surface area contributed by atoms with E-state index in [0.29, 0.717) is 24.7 Å². The Balaban J connectivity index is 2.13. The molecule has 0 aromatic heterocycles. The summed E-state index contributed by atoms with van der Waals surface area (Å²) in [5.41, 5.74) is 0.822. The highest BCUT2D eigenvalue weighted by molar-refractivity contribution is 7.89. The predicted molar refractivity (Wildman–Crippen MR) is 73.5 cm³/mol. The van der Waals surface area contributed by atoms with Gasteiger partial charge in [-0.05, 0) is 24.6 Å². The van der Waals surface area contributed by atoms with E-state index in [2.05, 4.69) is 4.72 Å². The molecule has 0 radical (unpaired) electrons. The van der Waals surface area contributed by atoms with Crippen LogP contribution in [0.25, 0.3) is 0 Å². The van der Waals surface area contributed by atoms with Crippen LogP contribution in [0, 0.1) is 0 Å². The summed E-state index contributed by atoms with van der Waals surface area (Å²) in [5, 5.41) is 0. The Kier molecular flexibility index (Phi) is 4.54. The number of benzene rings is 1. The molecule has 1 atom stereocenters. The molecule has 7 heteroatoms. The molecule has 1 aliphatic rings. The summed E-state index contributed by atoms with van der Waals surface area (Å²) < 4.78 is 36.8. The van der Waals surface area contributed by atoms with Crippen LogP contribution in [0.1, 0.15) is 18.5 Å². The fourth-order valence-corrected chi connectivity index (χ4v) is 3.43. The molecule has 0 bridgehead atoms. The van der Waals surface area contributed by atoms with Crippen molar-refractivity contribution < 1.29 is 17.9 Å². The lowest BCUT2D eigenvalue weighted by Crippen LogP contribution is -2.29. The Hall–Kier alpha value is -0.980. The third-order valence-electron chi connectivity index (χ3n) is 2.77. The van der Waals surface area contributed by atoms with Gasteiger partial charge in [0, 0.05) is 11.9 Å². The lowest BCUT2D eigenvalue weighted by atomic mass is 10.1. The quantitative estimate of drug-likeness (QED) is 0.841. The van der Waals surface area contributed by atoms with E-state index < -0.39 is 10.0 Å². The van der Waals surface area contributed by atoms with Crippen molar-refractivity contribution in [1.82, 2.24) is 4.72 Å². The van der Waals surface area contributed by atoms with Crippen molar-refractivity contribution in [2.45, 2.75) is 13.0 Å². The third kappa shape index (κ3) is 3.75. The van der Waals surface area contributed by atoms with Crippen molar-refractivity contribution in [2.24, 2.45) is 0 Å². The standard InChI is InChI=1S/C12H16ClNO4S/c1-9(14-19(15,16)7-4-13)10-2-3-11-12(8-10)18-6-5-17-11/h2-3,8-9,14H,4-7H2,1H3. The topological polar surface area (TPSA) is 64.6 Å².